The Morgan fingerprint density at radius 1 is 1.23 bits per heavy atom. The lowest BCUT2D eigenvalue weighted by Crippen LogP contribution is -2.60. The Balaban J connectivity index is 1.32. The van der Waals surface area contributed by atoms with Gasteiger partial charge in [0.2, 0.25) is 0 Å². The van der Waals surface area contributed by atoms with E-state index in [0.29, 0.717) is 12.1 Å². The van der Waals surface area contributed by atoms with Crippen LogP contribution < -0.4 is 10.6 Å². The van der Waals surface area contributed by atoms with Gasteiger partial charge in [0.15, 0.2) is 0 Å². The van der Waals surface area contributed by atoms with E-state index < -0.39 is 6.67 Å². The van der Waals surface area contributed by atoms with E-state index in [4.69, 9.17) is 0 Å². The summed E-state index contributed by atoms with van der Waals surface area (Å²) in [5, 5.41) is 14.3. The van der Waals surface area contributed by atoms with Crippen molar-refractivity contribution in [3.63, 3.8) is 0 Å². The standard InChI is InChI=1S/C21H25FN6O2/c1-21(2)14(13-23-20(30)16-6-10-27(26-16)11-7-22)12-18(21)25-19(29)15-4-3-9-28-17(15)5-8-24-28/h3-6,8-10,14,18H,7,11-13H2,1-2H3,(H,23,30)(H,25,29). The fraction of sp³-hybridized carbons (Fsp3) is 0.429. The van der Waals surface area contributed by atoms with Gasteiger partial charge in [0, 0.05) is 25.0 Å². The number of hydrogen-bond acceptors (Lipinski definition) is 4. The molecule has 2 N–H and O–H groups in total. The maximum absolute atomic E-state index is 12.8. The minimum Gasteiger partial charge on any atom is -0.350 e. The number of halogens is 1. The molecule has 2 atom stereocenters. The molecule has 0 aromatic carbocycles. The molecule has 0 aliphatic heterocycles. The van der Waals surface area contributed by atoms with Crippen molar-refractivity contribution >= 4 is 17.3 Å². The van der Waals surface area contributed by atoms with Gasteiger partial charge < -0.3 is 10.6 Å². The van der Waals surface area contributed by atoms with E-state index in [9.17, 15) is 14.0 Å². The minimum absolute atomic E-state index is 0.0128. The number of carbonyl (C=O) groups excluding carboxylic acids is 2. The highest BCUT2D eigenvalue weighted by Crippen LogP contribution is 2.46. The Bertz CT molecular complexity index is 1070. The third-order valence-electron chi connectivity index (χ3n) is 6.15. The molecule has 0 saturated heterocycles. The molecular formula is C21H25FN6O2. The molecule has 1 fully saturated rings. The molecule has 2 unspecified atom stereocenters. The van der Waals surface area contributed by atoms with Gasteiger partial charge >= 0.3 is 0 Å². The van der Waals surface area contributed by atoms with E-state index in [1.165, 1.54) is 4.68 Å². The van der Waals surface area contributed by atoms with Crippen molar-refractivity contribution in [1.82, 2.24) is 30.0 Å². The van der Waals surface area contributed by atoms with Crippen molar-refractivity contribution < 1.29 is 14.0 Å². The van der Waals surface area contributed by atoms with Crippen molar-refractivity contribution in [3.8, 4) is 0 Å². The number of alkyl halides is 1. The second kappa shape index (κ2) is 7.89. The molecule has 1 aliphatic carbocycles. The lowest BCUT2D eigenvalue weighted by molar-refractivity contribution is 0.0150. The Hall–Kier alpha value is -3.23. The van der Waals surface area contributed by atoms with Gasteiger partial charge in [-0.1, -0.05) is 13.8 Å². The molecule has 158 valence electrons. The second-order valence-corrected chi connectivity index (χ2v) is 8.23. The number of rotatable bonds is 7. The summed E-state index contributed by atoms with van der Waals surface area (Å²) in [6.45, 7) is 4.28. The highest BCUT2D eigenvalue weighted by molar-refractivity contribution is 6.00. The number of pyridine rings is 1. The Kier molecular flexibility index (Phi) is 5.27. The average molecular weight is 412 g/mol. The van der Waals surface area contributed by atoms with E-state index in [-0.39, 0.29) is 41.4 Å². The summed E-state index contributed by atoms with van der Waals surface area (Å²) in [5.41, 5.74) is 1.47. The van der Waals surface area contributed by atoms with Crippen LogP contribution in [0, 0.1) is 11.3 Å². The van der Waals surface area contributed by atoms with Crippen LogP contribution in [0.15, 0.2) is 42.9 Å². The highest BCUT2D eigenvalue weighted by Gasteiger charge is 2.48. The zero-order valence-electron chi connectivity index (χ0n) is 17.0. The van der Waals surface area contributed by atoms with Gasteiger partial charge in [-0.2, -0.15) is 10.2 Å². The first-order valence-electron chi connectivity index (χ1n) is 10.0. The van der Waals surface area contributed by atoms with Crippen molar-refractivity contribution in [2.24, 2.45) is 11.3 Å². The number of aromatic nitrogens is 4. The normalized spacial score (nSPS) is 20.0. The summed E-state index contributed by atoms with van der Waals surface area (Å²) in [4.78, 5) is 25.1. The number of aryl methyl sites for hydroxylation is 1. The molecular weight excluding hydrogens is 387 g/mol. The van der Waals surface area contributed by atoms with Crippen LogP contribution in [-0.2, 0) is 6.54 Å². The van der Waals surface area contributed by atoms with Crippen LogP contribution >= 0.6 is 0 Å². The smallest absolute Gasteiger partial charge is 0.271 e. The predicted octanol–water partition coefficient (Wildman–Crippen LogP) is 2.07. The van der Waals surface area contributed by atoms with E-state index in [1.807, 2.05) is 6.07 Å². The molecule has 3 heterocycles. The van der Waals surface area contributed by atoms with Crippen LogP contribution in [-0.4, -0.2) is 50.5 Å². The second-order valence-electron chi connectivity index (χ2n) is 8.23. The van der Waals surface area contributed by atoms with Crippen molar-refractivity contribution in [1.29, 1.82) is 0 Å². The fourth-order valence-corrected chi connectivity index (χ4v) is 3.99. The Labute approximate surface area is 173 Å². The number of nitrogens with one attached hydrogen (secondary N) is 2. The molecule has 1 saturated carbocycles. The number of carbonyl (C=O) groups is 2. The molecule has 0 spiro atoms. The zero-order valence-corrected chi connectivity index (χ0v) is 17.0. The van der Waals surface area contributed by atoms with Crippen LogP contribution in [0.5, 0.6) is 0 Å². The van der Waals surface area contributed by atoms with E-state index in [0.717, 1.165) is 11.9 Å². The number of hydrogen-bond donors (Lipinski definition) is 2. The third kappa shape index (κ3) is 3.67. The summed E-state index contributed by atoms with van der Waals surface area (Å²) in [6.07, 6.45) is 5.84. The lowest BCUT2D eigenvalue weighted by Gasteiger charge is -2.52. The van der Waals surface area contributed by atoms with Gasteiger partial charge in [-0.3, -0.25) is 14.3 Å². The van der Waals surface area contributed by atoms with Crippen LogP contribution in [0.1, 0.15) is 41.1 Å². The molecule has 4 rings (SSSR count). The number of amides is 2. The van der Waals surface area contributed by atoms with Crippen LogP contribution in [0.4, 0.5) is 4.39 Å². The molecule has 0 radical (unpaired) electrons. The van der Waals surface area contributed by atoms with Gasteiger partial charge in [0.05, 0.1) is 23.8 Å². The van der Waals surface area contributed by atoms with Crippen LogP contribution in [0.25, 0.3) is 5.52 Å². The quantitative estimate of drug-likeness (QED) is 0.621. The van der Waals surface area contributed by atoms with Crippen LogP contribution in [0.3, 0.4) is 0 Å². The van der Waals surface area contributed by atoms with Gasteiger partial charge in [-0.25, -0.2) is 8.91 Å². The van der Waals surface area contributed by atoms with Crippen molar-refractivity contribution in [3.05, 3.63) is 54.1 Å². The molecule has 3 aromatic heterocycles. The summed E-state index contributed by atoms with van der Waals surface area (Å²) in [6, 6.07) is 7.00. The molecule has 8 nitrogen and oxygen atoms in total. The Morgan fingerprint density at radius 2 is 2.07 bits per heavy atom. The predicted molar refractivity (Wildman–Crippen MR) is 109 cm³/mol. The molecule has 9 heteroatoms. The monoisotopic (exact) mass is 412 g/mol. The topological polar surface area (TPSA) is 93.3 Å². The van der Waals surface area contributed by atoms with E-state index >= 15 is 0 Å². The SMILES string of the molecule is CC1(C)C(CNC(=O)c2ccn(CCF)n2)CC1NC(=O)c1cccn2nccc12. The van der Waals surface area contributed by atoms with Gasteiger partial charge in [0.25, 0.3) is 11.8 Å². The number of nitrogens with zero attached hydrogens (tertiary/aromatic N) is 4. The molecule has 1 aliphatic rings. The third-order valence-corrected chi connectivity index (χ3v) is 6.15. The van der Waals surface area contributed by atoms with Gasteiger partial charge in [0.1, 0.15) is 12.4 Å². The molecule has 30 heavy (non-hydrogen) atoms. The first kappa shape index (κ1) is 20.1. The molecule has 2 amide bonds. The maximum atomic E-state index is 12.8. The summed E-state index contributed by atoms with van der Waals surface area (Å²) in [5.74, 6) is -0.172. The minimum atomic E-state index is -0.526. The zero-order chi connectivity index (χ0) is 21.3. The first-order valence-corrected chi connectivity index (χ1v) is 10.0. The van der Waals surface area contributed by atoms with Gasteiger partial charge in [-0.15, -0.1) is 0 Å². The fourth-order valence-electron chi connectivity index (χ4n) is 3.99. The highest BCUT2D eigenvalue weighted by atomic mass is 19.1. The van der Waals surface area contributed by atoms with E-state index in [1.54, 1.807) is 41.3 Å². The lowest BCUT2D eigenvalue weighted by atomic mass is 9.58. The molecule has 3 aromatic rings. The largest absolute Gasteiger partial charge is 0.350 e. The number of fused-ring (bicyclic) bond motifs is 1. The summed E-state index contributed by atoms with van der Waals surface area (Å²) < 4.78 is 15.5. The van der Waals surface area contributed by atoms with Crippen molar-refractivity contribution in [2.75, 3.05) is 13.2 Å². The van der Waals surface area contributed by atoms with Gasteiger partial charge in [-0.05, 0) is 42.0 Å². The Morgan fingerprint density at radius 3 is 2.83 bits per heavy atom. The summed E-state index contributed by atoms with van der Waals surface area (Å²) >= 11 is 0. The first-order chi connectivity index (χ1) is 14.4. The average Bonchev–Trinajstić information content (AvgIpc) is 3.39. The van der Waals surface area contributed by atoms with Crippen LogP contribution in [0.2, 0.25) is 0 Å². The maximum Gasteiger partial charge on any atom is 0.271 e. The summed E-state index contributed by atoms with van der Waals surface area (Å²) in [7, 11) is 0. The van der Waals surface area contributed by atoms with E-state index in [2.05, 4.69) is 34.7 Å². The molecule has 0 bridgehead atoms. The van der Waals surface area contributed by atoms with Crippen molar-refractivity contribution in [2.45, 2.75) is 32.9 Å².